The number of aryl methyl sites for hydroxylation is 2. The van der Waals surface area contributed by atoms with E-state index in [0.29, 0.717) is 0 Å². The Labute approximate surface area is 241 Å². The fourth-order valence-electron chi connectivity index (χ4n) is 5.12. The van der Waals surface area contributed by atoms with Crippen LogP contribution in [-0.4, -0.2) is 15.7 Å². The first-order valence-corrected chi connectivity index (χ1v) is 13.9. The number of nitrogens with zero attached hydrogens (tertiary/aromatic N) is 3. The van der Waals surface area contributed by atoms with Crippen molar-refractivity contribution in [1.29, 1.82) is 0 Å². The average molecular weight is 530 g/mol. The van der Waals surface area contributed by atoms with Gasteiger partial charge in [-0.3, -0.25) is 0 Å². The molecule has 4 aromatic carbocycles. The van der Waals surface area contributed by atoms with Gasteiger partial charge in [0.05, 0.1) is 16.9 Å². The maximum Gasteiger partial charge on any atom is 0.155 e. The van der Waals surface area contributed by atoms with Crippen molar-refractivity contribution in [2.75, 3.05) is 0 Å². The zero-order valence-corrected chi connectivity index (χ0v) is 23.5. The third kappa shape index (κ3) is 5.75. The standard InChI is InChI=1S/C38H31N3/c1-26-14-10-12-20-33(26)34(23-28(3)39-38-27(2)22-31-19-11-13-21-35(31)41-38)32-24-36(29-15-6-4-7-16-29)40-37(25-32)30-17-8-5-9-18-30/h4-25H,1-3H3/b34-23-,39-28+. The quantitative estimate of drug-likeness (QED) is 0.201. The van der Waals surface area contributed by atoms with Gasteiger partial charge in [-0.15, -0.1) is 0 Å². The summed E-state index contributed by atoms with van der Waals surface area (Å²) in [5.74, 6) is 0.742. The highest BCUT2D eigenvalue weighted by Gasteiger charge is 2.14. The molecule has 0 saturated carbocycles. The number of aromatic nitrogens is 2. The molecule has 0 aliphatic rings. The van der Waals surface area contributed by atoms with Crippen molar-refractivity contribution in [2.45, 2.75) is 20.8 Å². The van der Waals surface area contributed by atoms with E-state index in [0.717, 1.165) is 67.2 Å². The third-order valence-corrected chi connectivity index (χ3v) is 7.23. The lowest BCUT2D eigenvalue weighted by atomic mass is 9.91. The molecule has 0 N–H and O–H groups in total. The summed E-state index contributed by atoms with van der Waals surface area (Å²) >= 11 is 0. The maximum atomic E-state index is 5.09. The first-order valence-electron chi connectivity index (χ1n) is 13.9. The minimum absolute atomic E-state index is 0.742. The molecule has 2 aromatic heterocycles. The molecule has 3 heteroatoms. The van der Waals surface area contributed by atoms with Gasteiger partial charge in [-0.25, -0.2) is 15.0 Å². The van der Waals surface area contributed by atoms with E-state index >= 15 is 0 Å². The summed E-state index contributed by atoms with van der Waals surface area (Å²) in [7, 11) is 0. The van der Waals surface area contributed by atoms with Crippen molar-refractivity contribution in [3.05, 3.63) is 156 Å². The number of allylic oxidation sites excluding steroid dienone is 1. The van der Waals surface area contributed by atoms with E-state index in [1.54, 1.807) is 0 Å². The van der Waals surface area contributed by atoms with Crippen molar-refractivity contribution in [1.82, 2.24) is 9.97 Å². The summed E-state index contributed by atoms with van der Waals surface area (Å²) in [6.07, 6.45) is 2.18. The lowest BCUT2D eigenvalue weighted by Crippen LogP contribution is -1.99. The van der Waals surface area contributed by atoms with E-state index in [1.165, 1.54) is 5.56 Å². The highest BCUT2D eigenvalue weighted by atomic mass is 14.9. The van der Waals surface area contributed by atoms with Gasteiger partial charge in [0, 0.05) is 22.2 Å². The molecule has 0 aliphatic heterocycles. The third-order valence-electron chi connectivity index (χ3n) is 7.23. The van der Waals surface area contributed by atoms with Crippen LogP contribution in [0.2, 0.25) is 0 Å². The molecule has 0 amide bonds. The lowest BCUT2D eigenvalue weighted by molar-refractivity contribution is 1.27. The van der Waals surface area contributed by atoms with Crippen molar-refractivity contribution in [3.63, 3.8) is 0 Å². The second kappa shape index (κ2) is 11.5. The first-order chi connectivity index (χ1) is 20.0. The summed E-state index contributed by atoms with van der Waals surface area (Å²) in [6, 6.07) is 43.9. The maximum absolute atomic E-state index is 5.09. The van der Waals surface area contributed by atoms with Crippen LogP contribution in [-0.2, 0) is 0 Å². The predicted octanol–water partition coefficient (Wildman–Crippen LogP) is 9.80. The second-order valence-electron chi connectivity index (χ2n) is 10.3. The van der Waals surface area contributed by atoms with Crippen LogP contribution < -0.4 is 0 Å². The van der Waals surface area contributed by atoms with Crippen LogP contribution in [0, 0.1) is 13.8 Å². The van der Waals surface area contributed by atoms with Gasteiger partial charge in [-0.05, 0) is 78.9 Å². The largest absolute Gasteiger partial charge is 0.248 e. The number of aliphatic imine (C=N–C) groups is 1. The molecule has 0 atom stereocenters. The fraction of sp³-hybridized carbons (Fsp3) is 0.0789. The van der Waals surface area contributed by atoms with Crippen molar-refractivity contribution >= 4 is 28.0 Å². The molecule has 41 heavy (non-hydrogen) atoms. The normalized spacial score (nSPS) is 12.1. The topological polar surface area (TPSA) is 38.1 Å². The van der Waals surface area contributed by atoms with Crippen LogP contribution >= 0.6 is 0 Å². The molecule has 0 unspecified atom stereocenters. The molecule has 0 bridgehead atoms. The van der Waals surface area contributed by atoms with Crippen LogP contribution in [0.4, 0.5) is 5.82 Å². The fourth-order valence-corrected chi connectivity index (χ4v) is 5.12. The Bertz CT molecular complexity index is 1840. The van der Waals surface area contributed by atoms with Gasteiger partial charge in [-0.2, -0.15) is 0 Å². The predicted molar refractivity (Wildman–Crippen MR) is 173 cm³/mol. The van der Waals surface area contributed by atoms with Gasteiger partial charge in [-0.1, -0.05) is 103 Å². The number of para-hydroxylation sites is 1. The van der Waals surface area contributed by atoms with Crippen LogP contribution in [0.5, 0.6) is 0 Å². The van der Waals surface area contributed by atoms with E-state index < -0.39 is 0 Å². The van der Waals surface area contributed by atoms with Gasteiger partial charge >= 0.3 is 0 Å². The molecule has 0 fully saturated rings. The van der Waals surface area contributed by atoms with E-state index in [4.69, 9.17) is 15.0 Å². The van der Waals surface area contributed by atoms with Crippen LogP contribution in [0.25, 0.3) is 39.0 Å². The van der Waals surface area contributed by atoms with Crippen LogP contribution in [0.15, 0.2) is 138 Å². The molecule has 198 valence electrons. The van der Waals surface area contributed by atoms with Crippen molar-refractivity contribution in [3.8, 4) is 22.5 Å². The Morgan fingerprint density at radius 3 is 1.85 bits per heavy atom. The van der Waals surface area contributed by atoms with E-state index in [2.05, 4.69) is 117 Å². The minimum Gasteiger partial charge on any atom is -0.248 e. The number of benzene rings is 4. The molecule has 0 radical (unpaired) electrons. The molecule has 2 heterocycles. The summed E-state index contributed by atoms with van der Waals surface area (Å²) in [4.78, 5) is 15.0. The smallest absolute Gasteiger partial charge is 0.155 e. The van der Waals surface area contributed by atoms with Gasteiger partial charge in [0.1, 0.15) is 0 Å². The van der Waals surface area contributed by atoms with Crippen LogP contribution in [0.3, 0.4) is 0 Å². The lowest BCUT2D eigenvalue weighted by Gasteiger charge is -2.15. The highest BCUT2D eigenvalue weighted by molar-refractivity contribution is 6.04. The number of pyridine rings is 2. The summed E-state index contributed by atoms with van der Waals surface area (Å²) < 4.78 is 0. The number of fused-ring (bicyclic) bond motifs is 1. The SMILES string of the molecule is CC(/C=C(/c1cc(-c2ccccc2)nc(-c2ccccc2)c1)c1ccccc1C)=N\c1nc2ccccc2cc1C. The number of hydrogen-bond acceptors (Lipinski definition) is 3. The summed E-state index contributed by atoms with van der Waals surface area (Å²) in [6.45, 7) is 6.27. The van der Waals surface area contributed by atoms with Crippen molar-refractivity contribution in [2.24, 2.45) is 4.99 Å². The Morgan fingerprint density at radius 1 is 0.610 bits per heavy atom. The molecule has 0 aliphatic carbocycles. The highest BCUT2D eigenvalue weighted by Crippen LogP contribution is 2.33. The molecule has 3 nitrogen and oxygen atoms in total. The summed E-state index contributed by atoms with van der Waals surface area (Å²) in [5, 5.41) is 1.12. The monoisotopic (exact) mass is 529 g/mol. The Hall–Kier alpha value is -5.15. The van der Waals surface area contributed by atoms with E-state index in [1.807, 2.05) is 37.3 Å². The Morgan fingerprint density at radius 2 is 1.20 bits per heavy atom. The molecule has 0 spiro atoms. The Kier molecular flexibility index (Phi) is 7.34. The summed E-state index contributed by atoms with van der Waals surface area (Å²) in [5.41, 5.74) is 11.5. The molecule has 6 aromatic rings. The van der Waals surface area contributed by atoms with E-state index in [-0.39, 0.29) is 0 Å². The van der Waals surface area contributed by atoms with Gasteiger partial charge in [0.2, 0.25) is 0 Å². The van der Waals surface area contributed by atoms with Gasteiger partial charge in [0.15, 0.2) is 5.82 Å². The zero-order chi connectivity index (χ0) is 28.2. The van der Waals surface area contributed by atoms with Gasteiger partial charge < -0.3 is 0 Å². The second-order valence-corrected chi connectivity index (χ2v) is 10.3. The van der Waals surface area contributed by atoms with Gasteiger partial charge in [0.25, 0.3) is 0 Å². The molecule has 0 saturated heterocycles. The first kappa shape index (κ1) is 26.1. The number of rotatable bonds is 6. The molecular weight excluding hydrogens is 498 g/mol. The zero-order valence-electron chi connectivity index (χ0n) is 23.5. The van der Waals surface area contributed by atoms with Crippen molar-refractivity contribution < 1.29 is 0 Å². The Balaban J connectivity index is 1.55. The minimum atomic E-state index is 0.742. The molecular formula is C38H31N3. The number of hydrogen-bond donors (Lipinski definition) is 0. The molecule has 6 rings (SSSR count). The average Bonchev–Trinajstić information content (AvgIpc) is 3.01. The van der Waals surface area contributed by atoms with Crippen LogP contribution in [0.1, 0.15) is 29.2 Å². The van der Waals surface area contributed by atoms with E-state index in [9.17, 15) is 0 Å².